The molecule has 0 amide bonds. The van der Waals surface area contributed by atoms with Gasteiger partial charge in [-0.05, 0) is 44.7 Å². The molecule has 1 heterocycles. The molecule has 0 bridgehead atoms. The summed E-state index contributed by atoms with van der Waals surface area (Å²) >= 11 is 0. The molecule has 0 radical (unpaired) electrons. The smallest absolute Gasteiger partial charge is 0.126 e. The van der Waals surface area contributed by atoms with Gasteiger partial charge in [-0.15, -0.1) is 0 Å². The van der Waals surface area contributed by atoms with Gasteiger partial charge in [-0.25, -0.2) is 4.39 Å². The van der Waals surface area contributed by atoms with Crippen molar-refractivity contribution in [3.8, 4) is 0 Å². The maximum atomic E-state index is 13.9. The van der Waals surface area contributed by atoms with Crippen molar-refractivity contribution in [1.29, 1.82) is 0 Å². The fourth-order valence-corrected chi connectivity index (χ4v) is 3.16. The standard InChI is InChI=1S/C17H27FN2O/c1-3-21-15-8-10-20(11-9-15)17(2,13-19)12-14-6-4-5-7-16(14)18/h4-7,15H,3,8-13,19H2,1-2H3. The fraction of sp³-hybridized carbons (Fsp3) is 0.647. The van der Waals surface area contributed by atoms with Crippen LogP contribution in [-0.2, 0) is 11.2 Å². The SMILES string of the molecule is CCOC1CCN(C(C)(CN)Cc2ccccc2F)CC1. The number of nitrogens with two attached hydrogens (primary N) is 1. The van der Waals surface area contributed by atoms with Crippen molar-refractivity contribution < 1.29 is 9.13 Å². The predicted octanol–water partition coefficient (Wildman–Crippen LogP) is 2.59. The molecule has 1 aromatic carbocycles. The van der Waals surface area contributed by atoms with E-state index in [2.05, 4.69) is 11.8 Å². The molecule has 21 heavy (non-hydrogen) atoms. The van der Waals surface area contributed by atoms with Gasteiger partial charge < -0.3 is 10.5 Å². The zero-order valence-corrected chi connectivity index (χ0v) is 13.1. The van der Waals surface area contributed by atoms with Crippen LogP contribution in [0.2, 0.25) is 0 Å². The first-order valence-electron chi connectivity index (χ1n) is 7.89. The number of hydrogen-bond acceptors (Lipinski definition) is 3. The van der Waals surface area contributed by atoms with Crippen LogP contribution in [0.3, 0.4) is 0 Å². The number of piperidine rings is 1. The molecule has 2 rings (SSSR count). The Balaban J connectivity index is 2.03. The van der Waals surface area contributed by atoms with Crippen molar-refractivity contribution in [2.24, 2.45) is 5.73 Å². The Morgan fingerprint density at radius 3 is 2.57 bits per heavy atom. The van der Waals surface area contributed by atoms with Crippen LogP contribution in [0, 0.1) is 5.82 Å². The second-order valence-corrected chi connectivity index (χ2v) is 6.11. The molecule has 1 aliphatic rings. The van der Waals surface area contributed by atoms with Gasteiger partial charge in [0.1, 0.15) is 5.82 Å². The van der Waals surface area contributed by atoms with E-state index < -0.39 is 0 Å². The Morgan fingerprint density at radius 1 is 1.33 bits per heavy atom. The molecular weight excluding hydrogens is 267 g/mol. The van der Waals surface area contributed by atoms with Gasteiger partial charge in [0.25, 0.3) is 0 Å². The summed E-state index contributed by atoms with van der Waals surface area (Å²) in [5.41, 5.74) is 6.59. The number of nitrogens with zero attached hydrogens (tertiary/aromatic N) is 1. The average molecular weight is 294 g/mol. The number of ether oxygens (including phenoxy) is 1. The van der Waals surface area contributed by atoms with Gasteiger partial charge in [-0.2, -0.15) is 0 Å². The van der Waals surface area contributed by atoms with Crippen molar-refractivity contribution >= 4 is 0 Å². The molecule has 118 valence electrons. The lowest BCUT2D eigenvalue weighted by Crippen LogP contribution is -2.56. The van der Waals surface area contributed by atoms with Crippen molar-refractivity contribution in [3.63, 3.8) is 0 Å². The van der Waals surface area contributed by atoms with Gasteiger partial charge in [0.15, 0.2) is 0 Å². The highest BCUT2D eigenvalue weighted by Gasteiger charge is 2.34. The van der Waals surface area contributed by atoms with Gasteiger partial charge in [0.05, 0.1) is 6.10 Å². The molecule has 1 fully saturated rings. The monoisotopic (exact) mass is 294 g/mol. The summed E-state index contributed by atoms with van der Waals surface area (Å²) in [6, 6.07) is 6.99. The third kappa shape index (κ3) is 4.02. The maximum Gasteiger partial charge on any atom is 0.126 e. The normalized spacial score (nSPS) is 20.4. The summed E-state index contributed by atoms with van der Waals surface area (Å²) in [5, 5.41) is 0. The first-order chi connectivity index (χ1) is 10.1. The largest absolute Gasteiger partial charge is 0.378 e. The summed E-state index contributed by atoms with van der Waals surface area (Å²) < 4.78 is 19.6. The fourth-order valence-electron chi connectivity index (χ4n) is 3.16. The highest BCUT2D eigenvalue weighted by molar-refractivity contribution is 5.20. The highest BCUT2D eigenvalue weighted by Crippen LogP contribution is 2.26. The molecule has 4 heteroatoms. The van der Waals surface area contributed by atoms with Crippen molar-refractivity contribution in [3.05, 3.63) is 35.6 Å². The zero-order valence-electron chi connectivity index (χ0n) is 13.1. The van der Waals surface area contributed by atoms with E-state index in [-0.39, 0.29) is 11.4 Å². The minimum absolute atomic E-state index is 0.138. The molecule has 3 nitrogen and oxygen atoms in total. The lowest BCUT2D eigenvalue weighted by atomic mass is 9.88. The van der Waals surface area contributed by atoms with Crippen LogP contribution >= 0.6 is 0 Å². The summed E-state index contributed by atoms with van der Waals surface area (Å²) in [6.45, 7) is 7.41. The Hall–Kier alpha value is -0.970. The minimum atomic E-state index is -0.195. The first kappa shape index (κ1) is 16.4. The Bertz CT molecular complexity index is 446. The van der Waals surface area contributed by atoms with Crippen LogP contribution in [0.15, 0.2) is 24.3 Å². The zero-order chi connectivity index (χ0) is 15.3. The quantitative estimate of drug-likeness (QED) is 0.876. The van der Waals surface area contributed by atoms with Crippen LogP contribution in [0.1, 0.15) is 32.3 Å². The van der Waals surface area contributed by atoms with Crippen LogP contribution in [-0.4, -0.2) is 42.8 Å². The van der Waals surface area contributed by atoms with E-state index in [4.69, 9.17) is 10.5 Å². The van der Waals surface area contributed by atoms with Crippen LogP contribution in [0.5, 0.6) is 0 Å². The Labute approximate surface area is 127 Å². The van der Waals surface area contributed by atoms with Crippen LogP contribution in [0.4, 0.5) is 4.39 Å². The van der Waals surface area contributed by atoms with E-state index in [0.717, 1.165) is 38.1 Å². The van der Waals surface area contributed by atoms with Crippen LogP contribution in [0.25, 0.3) is 0 Å². The lowest BCUT2D eigenvalue weighted by molar-refractivity contribution is -0.0139. The molecule has 0 saturated carbocycles. The summed E-state index contributed by atoms with van der Waals surface area (Å²) in [6.07, 6.45) is 3.07. The van der Waals surface area contributed by atoms with E-state index >= 15 is 0 Å². The summed E-state index contributed by atoms with van der Waals surface area (Å²) in [4.78, 5) is 2.40. The first-order valence-corrected chi connectivity index (χ1v) is 7.89. The molecule has 0 spiro atoms. The van der Waals surface area contributed by atoms with Crippen molar-refractivity contribution in [2.75, 3.05) is 26.2 Å². The number of hydrogen-bond donors (Lipinski definition) is 1. The molecule has 0 aliphatic carbocycles. The number of benzene rings is 1. The molecule has 1 atom stereocenters. The minimum Gasteiger partial charge on any atom is -0.378 e. The second-order valence-electron chi connectivity index (χ2n) is 6.11. The van der Waals surface area contributed by atoms with Gasteiger partial charge in [-0.3, -0.25) is 4.90 Å². The van der Waals surface area contributed by atoms with E-state index in [1.807, 2.05) is 19.1 Å². The predicted molar refractivity (Wildman–Crippen MR) is 83.8 cm³/mol. The maximum absolute atomic E-state index is 13.9. The van der Waals surface area contributed by atoms with Crippen LogP contribution < -0.4 is 5.73 Å². The van der Waals surface area contributed by atoms with E-state index in [9.17, 15) is 4.39 Å². The third-order valence-electron chi connectivity index (χ3n) is 4.58. The van der Waals surface area contributed by atoms with Gasteiger partial charge >= 0.3 is 0 Å². The highest BCUT2D eigenvalue weighted by atomic mass is 19.1. The molecule has 1 unspecified atom stereocenters. The Kier molecular flexibility index (Phi) is 5.73. The van der Waals surface area contributed by atoms with E-state index in [1.165, 1.54) is 6.07 Å². The van der Waals surface area contributed by atoms with E-state index in [1.54, 1.807) is 6.07 Å². The second kappa shape index (κ2) is 7.34. The van der Waals surface area contributed by atoms with Gasteiger partial charge in [0.2, 0.25) is 0 Å². The average Bonchev–Trinajstić information content (AvgIpc) is 2.50. The number of rotatable bonds is 6. The van der Waals surface area contributed by atoms with Gasteiger partial charge in [-0.1, -0.05) is 18.2 Å². The number of likely N-dealkylation sites (tertiary alicyclic amines) is 1. The molecule has 1 aromatic rings. The molecule has 1 aliphatic heterocycles. The molecule has 1 saturated heterocycles. The van der Waals surface area contributed by atoms with Gasteiger partial charge in [0, 0.05) is 31.8 Å². The number of halogens is 1. The molecular formula is C17H27FN2O. The third-order valence-corrected chi connectivity index (χ3v) is 4.58. The summed E-state index contributed by atoms with van der Waals surface area (Å²) in [7, 11) is 0. The molecule has 0 aromatic heterocycles. The molecule has 2 N–H and O–H groups in total. The van der Waals surface area contributed by atoms with Crippen molar-refractivity contribution in [2.45, 2.75) is 44.8 Å². The Morgan fingerprint density at radius 2 is 2.00 bits per heavy atom. The van der Waals surface area contributed by atoms with E-state index in [0.29, 0.717) is 19.1 Å². The topological polar surface area (TPSA) is 38.5 Å². The summed E-state index contributed by atoms with van der Waals surface area (Å²) in [5.74, 6) is -0.138. The van der Waals surface area contributed by atoms with Crippen molar-refractivity contribution in [1.82, 2.24) is 4.90 Å². The lowest BCUT2D eigenvalue weighted by Gasteiger charge is -2.44.